The topological polar surface area (TPSA) is 26.3 Å². The minimum absolute atomic E-state index is 0.103. The molecule has 92 valence electrons. The molecule has 4 heteroatoms. The standard InChI is InChI=1S/C14H10ClFO2/c1-18-13-7-6-9(8-12(13)16)14(17)10-4-2-3-5-11(10)15/h2-8H,1H3. The summed E-state index contributed by atoms with van der Waals surface area (Å²) in [5, 5.41) is 0.346. The van der Waals surface area contributed by atoms with Crippen molar-refractivity contribution in [3.8, 4) is 5.75 Å². The molecule has 0 aliphatic carbocycles. The van der Waals surface area contributed by atoms with Crippen molar-refractivity contribution in [1.29, 1.82) is 0 Å². The van der Waals surface area contributed by atoms with E-state index in [1.807, 2.05) is 0 Å². The van der Waals surface area contributed by atoms with Crippen molar-refractivity contribution in [1.82, 2.24) is 0 Å². The van der Waals surface area contributed by atoms with Gasteiger partial charge in [0.05, 0.1) is 12.1 Å². The van der Waals surface area contributed by atoms with E-state index in [0.29, 0.717) is 10.6 Å². The lowest BCUT2D eigenvalue weighted by atomic mass is 10.0. The van der Waals surface area contributed by atoms with E-state index in [2.05, 4.69) is 0 Å². The van der Waals surface area contributed by atoms with Gasteiger partial charge in [0.2, 0.25) is 0 Å². The first kappa shape index (κ1) is 12.6. The van der Waals surface area contributed by atoms with Crippen molar-refractivity contribution in [2.75, 3.05) is 7.11 Å². The molecule has 0 amide bonds. The number of rotatable bonds is 3. The zero-order valence-corrected chi connectivity index (χ0v) is 10.4. The Hall–Kier alpha value is -1.87. The van der Waals surface area contributed by atoms with Gasteiger partial charge < -0.3 is 4.74 Å². The number of hydrogen-bond donors (Lipinski definition) is 0. The summed E-state index contributed by atoms with van der Waals surface area (Å²) in [6, 6.07) is 10.7. The summed E-state index contributed by atoms with van der Waals surface area (Å²) in [7, 11) is 1.37. The van der Waals surface area contributed by atoms with Gasteiger partial charge in [0.25, 0.3) is 0 Å². The Morgan fingerprint density at radius 3 is 2.56 bits per heavy atom. The van der Waals surface area contributed by atoms with Crippen LogP contribution in [0.3, 0.4) is 0 Å². The van der Waals surface area contributed by atoms with Gasteiger partial charge in [-0.15, -0.1) is 0 Å². The van der Waals surface area contributed by atoms with E-state index in [-0.39, 0.29) is 17.1 Å². The molecule has 0 aromatic heterocycles. The SMILES string of the molecule is COc1ccc(C(=O)c2ccccc2Cl)cc1F. The average Bonchev–Trinajstić information content (AvgIpc) is 2.38. The summed E-state index contributed by atoms with van der Waals surface area (Å²) in [5.41, 5.74) is 0.588. The first-order chi connectivity index (χ1) is 8.63. The normalized spacial score (nSPS) is 10.2. The molecule has 0 atom stereocenters. The number of carbonyl (C=O) groups is 1. The lowest BCUT2D eigenvalue weighted by Crippen LogP contribution is -2.03. The highest BCUT2D eigenvalue weighted by Gasteiger charge is 2.14. The van der Waals surface area contributed by atoms with Gasteiger partial charge in [-0.05, 0) is 30.3 Å². The minimum atomic E-state index is -0.574. The third-order valence-electron chi connectivity index (χ3n) is 2.53. The van der Waals surface area contributed by atoms with Gasteiger partial charge in [-0.1, -0.05) is 23.7 Å². The molecule has 2 aromatic carbocycles. The number of halogens is 2. The monoisotopic (exact) mass is 264 g/mol. The quantitative estimate of drug-likeness (QED) is 0.790. The third-order valence-corrected chi connectivity index (χ3v) is 2.86. The summed E-state index contributed by atoms with van der Waals surface area (Å²) in [4.78, 5) is 12.1. The van der Waals surface area contributed by atoms with Crippen LogP contribution in [0.5, 0.6) is 5.75 Å². The lowest BCUT2D eigenvalue weighted by Gasteiger charge is -2.06. The Kier molecular flexibility index (Phi) is 3.63. The maximum Gasteiger partial charge on any atom is 0.194 e. The summed E-state index contributed by atoms with van der Waals surface area (Å²) >= 11 is 5.93. The van der Waals surface area contributed by atoms with Gasteiger partial charge in [0.15, 0.2) is 17.3 Å². The molecule has 2 nitrogen and oxygen atoms in total. The third kappa shape index (κ3) is 2.36. The van der Waals surface area contributed by atoms with Crippen LogP contribution in [0.1, 0.15) is 15.9 Å². The van der Waals surface area contributed by atoms with E-state index in [1.54, 1.807) is 24.3 Å². The van der Waals surface area contributed by atoms with Crippen LogP contribution >= 0.6 is 11.6 Å². The van der Waals surface area contributed by atoms with Crippen LogP contribution in [-0.2, 0) is 0 Å². The van der Waals surface area contributed by atoms with Gasteiger partial charge >= 0.3 is 0 Å². The Morgan fingerprint density at radius 2 is 1.94 bits per heavy atom. The van der Waals surface area contributed by atoms with Gasteiger partial charge in [-0.25, -0.2) is 4.39 Å². The molecule has 0 bridgehead atoms. The zero-order valence-electron chi connectivity index (χ0n) is 9.61. The largest absolute Gasteiger partial charge is 0.494 e. The Morgan fingerprint density at radius 1 is 1.22 bits per heavy atom. The average molecular weight is 265 g/mol. The first-order valence-electron chi connectivity index (χ1n) is 5.26. The molecule has 0 fully saturated rings. The number of ketones is 1. The van der Waals surface area contributed by atoms with Crippen LogP contribution in [0, 0.1) is 5.82 Å². The highest BCUT2D eigenvalue weighted by Crippen LogP contribution is 2.22. The smallest absolute Gasteiger partial charge is 0.194 e. The van der Waals surface area contributed by atoms with Crippen molar-refractivity contribution >= 4 is 17.4 Å². The van der Waals surface area contributed by atoms with Crippen LogP contribution in [0.4, 0.5) is 4.39 Å². The van der Waals surface area contributed by atoms with E-state index in [0.717, 1.165) is 6.07 Å². The highest BCUT2D eigenvalue weighted by atomic mass is 35.5. The molecule has 18 heavy (non-hydrogen) atoms. The van der Waals surface area contributed by atoms with E-state index >= 15 is 0 Å². The fourth-order valence-electron chi connectivity index (χ4n) is 1.61. The predicted molar refractivity (Wildman–Crippen MR) is 67.8 cm³/mol. The van der Waals surface area contributed by atoms with Gasteiger partial charge in [-0.3, -0.25) is 4.79 Å². The number of methoxy groups -OCH3 is 1. The Balaban J connectivity index is 2.41. The summed E-state index contributed by atoms with van der Waals surface area (Å²) < 4.78 is 18.3. The number of ether oxygens (including phenoxy) is 1. The molecule has 0 saturated carbocycles. The van der Waals surface area contributed by atoms with E-state index in [1.165, 1.54) is 19.2 Å². The van der Waals surface area contributed by atoms with Crippen LogP contribution in [0.2, 0.25) is 5.02 Å². The first-order valence-corrected chi connectivity index (χ1v) is 5.64. The maximum absolute atomic E-state index is 13.5. The highest BCUT2D eigenvalue weighted by molar-refractivity contribution is 6.34. The molecular weight excluding hydrogens is 255 g/mol. The second kappa shape index (κ2) is 5.19. The van der Waals surface area contributed by atoms with E-state index < -0.39 is 5.82 Å². The zero-order chi connectivity index (χ0) is 13.1. The molecule has 0 spiro atoms. The molecule has 0 saturated heterocycles. The van der Waals surface area contributed by atoms with Crippen molar-refractivity contribution in [2.24, 2.45) is 0 Å². The molecule has 2 aromatic rings. The number of benzene rings is 2. The molecule has 0 heterocycles. The second-order valence-corrected chi connectivity index (χ2v) is 4.07. The van der Waals surface area contributed by atoms with Crippen molar-refractivity contribution in [2.45, 2.75) is 0 Å². The van der Waals surface area contributed by atoms with Crippen LogP contribution in [0.15, 0.2) is 42.5 Å². The van der Waals surface area contributed by atoms with Crippen molar-refractivity contribution in [3.63, 3.8) is 0 Å². The molecule has 0 unspecified atom stereocenters. The lowest BCUT2D eigenvalue weighted by molar-refractivity contribution is 0.103. The fourth-order valence-corrected chi connectivity index (χ4v) is 1.83. The Bertz CT molecular complexity index is 596. The minimum Gasteiger partial charge on any atom is -0.494 e. The fraction of sp³-hybridized carbons (Fsp3) is 0.0714. The molecule has 0 aliphatic rings. The summed E-state index contributed by atoms with van der Waals surface area (Å²) in [6.45, 7) is 0. The van der Waals surface area contributed by atoms with Crippen molar-refractivity contribution < 1.29 is 13.9 Å². The van der Waals surface area contributed by atoms with Gasteiger partial charge in [0, 0.05) is 11.1 Å². The molecule has 0 radical (unpaired) electrons. The van der Waals surface area contributed by atoms with Crippen LogP contribution < -0.4 is 4.74 Å². The number of hydrogen-bond acceptors (Lipinski definition) is 2. The Labute approximate surface area is 109 Å². The van der Waals surface area contributed by atoms with Gasteiger partial charge in [-0.2, -0.15) is 0 Å². The van der Waals surface area contributed by atoms with Crippen LogP contribution in [-0.4, -0.2) is 12.9 Å². The summed E-state index contributed by atoms with van der Waals surface area (Å²) in [6.07, 6.45) is 0. The maximum atomic E-state index is 13.5. The number of carbonyl (C=O) groups excluding carboxylic acids is 1. The van der Waals surface area contributed by atoms with Crippen molar-refractivity contribution in [3.05, 3.63) is 64.4 Å². The summed E-state index contributed by atoms with van der Waals surface area (Å²) in [5.74, 6) is -0.789. The molecule has 0 N–H and O–H groups in total. The van der Waals surface area contributed by atoms with E-state index in [9.17, 15) is 9.18 Å². The molecular formula is C14H10ClFO2. The molecule has 0 aliphatic heterocycles. The second-order valence-electron chi connectivity index (χ2n) is 3.66. The van der Waals surface area contributed by atoms with Gasteiger partial charge in [0.1, 0.15) is 0 Å². The predicted octanol–water partition coefficient (Wildman–Crippen LogP) is 3.72. The van der Waals surface area contributed by atoms with Crippen LogP contribution in [0.25, 0.3) is 0 Å². The van der Waals surface area contributed by atoms with E-state index in [4.69, 9.17) is 16.3 Å². The molecule has 2 rings (SSSR count).